The van der Waals surface area contributed by atoms with Gasteiger partial charge in [0.15, 0.2) is 0 Å². The number of nitrogens with zero attached hydrogens (tertiary/aromatic N) is 1. The Morgan fingerprint density at radius 2 is 2.16 bits per heavy atom. The van der Waals surface area contributed by atoms with Crippen molar-refractivity contribution in [1.82, 2.24) is 5.32 Å². The van der Waals surface area contributed by atoms with Gasteiger partial charge in [-0.15, -0.1) is 0 Å². The number of benzene rings is 1. The molecule has 1 aliphatic carbocycles. The molecule has 1 saturated carbocycles. The van der Waals surface area contributed by atoms with E-state index in [-0.39, 0.29) is 18.1 Å². The highest BCUT2D eigenvalue weighted by Gasteiger charge is 2.48. The zero-order chi connectivity index (χ0) is 14.0. The largest absolute Gasteiger partial charge is 0.481 e. The number of carbonyl (C=O) groups excluding carboxylic acids is 1. The minimum atomic E-state index is -0.963. The van der Waals surface area contributed by atoms with Crippen molar-refractivity contribution >= 4 is 17.6 Å². The molecular weight excluding hydrogens is 252 g/mol. The summed E-state index contributed by atoms with van der Waals surface area (Å²) in [5, 5.41) is 21.9. The first kappa shape index (κ1) is 13.0. The molecule has 0 bridgehead atoms. The Morgan fingerprint density at radius 3 is 2.74 bits per heavy atom. The van der Waals surface area contributed by atoms with Gasteiger partial charge in [-0.2, -0.15) is 0 Å². The number of amides is 1. The number of nitro groups is 1. The Hall–Kier alpha value is -2.44. The number of rotatable bonds is 5. The van der Waals surface area contributed by atoms with Crippen LogP contribution >= 0.6 is 0 Å². The number of carbonyl (C=O) groups is 2. The summed E-state index contributed by atoms with van der Waals surface area (Å²) >= 11 is 0. The fourth-order valence-electron chi connectivity index (χ4n) is 1.86. The second kappa shape index (κ2) is 5.05. The molecule has 1 aromatic rings. The molecule has 7 nitrogen and oxygen atoms in total. The predicted octanol–water partition coefficient (Wildman–Crippen LogP) is 0.932. The third-order valence-electron chi connectivity index (χ3n) is 3.03. The standard InChI is InChI=1S/C12H12N2O5/c15-11(9-5-10(9)12(16)17)13-6-7-2-1-3-8(4-7)14(18)19/h1-4,9-10H,5-6H2,(H,13,15)(H,16,17)/t9-,10+/m1/s1. The lowest BCUT2D eigenvalue weighted by molar-refractivity contribution is -0.384. The molecule has 2 rings (SSSR count). The summed E-state index contributed by atoms with van der Waals surface area (Å²) in [7, 11) is 0. The molecule has 19 heavy (non-hydrogen) atoms. The van der Waals surface area contributed by atoms with E-state index in [9.17, 15) is 19.7 Å². The van der Waals surface area contributed by atoms with E-state index in [4.69, 9.17) is 5.11 Å². The summed E-state index contributed by atoms with van der Waals surface area (Å²) in [6, 6.07) is 5.94. The summed E-state index contributed by atoms with van der Waals surface area (Å²) < 4.78 is 0. The quantitative estimate of drug-likeness (QED) is 0.607. The van der Waals surface area contributed by atoms with Crippen LogP contribution in [-0.2, 0) is 16.1 Å². The fraction of sp³-hybridized carbons (Fsp3) is 0.333. The zero-order valence-corrected chi connectivity index (χ0v) is 9.91. The van der Waals surface area contributed by atoms with Gasteiger partial charge in [-0.3, -0.25) is 19.7 Å². The van der Waals surface area contributed by atoms with Crippen LogP contribution in [0.3, 0.4) is 0 Å². The van der Waals surface area contributed by atoms with Crippen molar-refractivity contribution in [2.24, 2.45) is 11.8 Å². The molecule has 2 atom stereocenters. The molecule has 1 amide bonds. The van der Waals surface area contributed by atoms with Crippen molar-refractivity contribution in [2.75, 3.05) is 0 Å². The maximum atomic E-state index is 11.6. The van der Waals surface area contributed by atoms with E-state index in [1.165, 1.54) is 18.2 Å². The average Bonchev–Trinajstić information content (AvgIpc) is 3.16. The molecule has 0 radical (unpaired) electrons. The molecule has 0 spiro atoms. The highest BCUT2D eigenvalue weighted by atomic mass is 16.6. The normalized spacial score (nSPS) is 20.6. The van der Waals surface area contributed by atoms with E-state index < -0.39 is 22.7 Å². The summed E-state index contributed by atoms with van der Waals surface area (Å²) in [4.78, 5) is 32.3. The van der Waals surface area contributed by atoms with Gasteiger partial charge in [0.2, 0.25) is 5.91 Å². The van der Waals surface area contributed by atoms with E-state index in [2.05, 4.69) is 5.32 Å². The highest BCUT2D eigenvalue weighted by Crippen LogP contribution is 2.38. The topological polar surface area (TPSA) is 110 Å². The number of aliphatic carboxylic acids is 1. The summed E-state index contributed by atoms with van der Waals surface area (Å²) in [6.45, 7) is 0.156. The van der Waals surface area contributed by atoms with Crippen LogP contribution in [0.25, 0.3) is 0 Å². The fourth-order valence-corrected chi connectivity index (χ4v) is 1.86. The number of hydrogen-bond donors (Lipinski definition) is 2. The van der Waals surface area contributed by atoms with Gasteiger partial charge in [0, 0.05) is 18.7 Å². The number of carboxylic acids is 1. The Kier molecular flexibility index (Phi) is 3.46. The van der Waals surface area contributed by atoms with Crippen LogP contribution in [0.4, 0.5) is 5.69 Å². The van der Waals surface area contributed by atoms with Crippen molar-refractivity contribution < 1.29 is 19.6 Å². The molecule has 1 aliphatic rings. The lowest BCUT2D eigenvalue weighted by Gasteiger charge is -2.04. The monoisotopic (exact) mass is 264 g/mol. The number of non-ortho nitro benzene ring substituents is 1. The minimum Gasteiger partial charge on any atom is -0.481 e. The van der Waals surface area contributed by atoms with Crippen molar-refractivity contribution in [3.63, 3.8) is 0 Å². The highest BCUT2D eigenvalue weighted by molar-refractivity contribution is 5.89. The molecule has 2 N–H and O–H groups in total. The second-order valence-electron chi connectivity index (χ2n) is 4.43. The maximum Gasteiger partial charge on any atom is 0.307 e. The van der Waals surface area contributed by atoms with Crippen LogP contribution in [-0.4, -0.2) is 21.9 Å². The molecular formula is C12H12N2O5. The first-order valence-corrected chi connectivity index (χ1v) is 5.73. The van der Waals surface area contributed by atoms with E-state index >= 15 is 0 Å². The summed E-state index contributed by atoms with van der Waals surface area (Å²) in [5.74, 6) is -2.35. The number of nitrogens with one attached hydrogen (secondary N) is 1. The van der Waals surface area contributed by atoms with Gasteiger partial charge in [-0.1, -0.05) is 12.1 Å². The lowest BCUT2D eigenvalue weighted by Crippen LogP contribution is -2.25. The second-order valence-corrected chi connectivity index (χ2v) is 4.43. The molecule has 0 heterocycles. The van der Waals surface area contributed by atoms with Crippen molar-refractivity contribution in [1.29, 1.82) is 0 Å². The average molecular weight is 264 g/mol. The van der Waals surface area contributed by atoms with Gasteiger partial charge in [-0.05, 0) is 12.0 Å². The third-order valence-corrected chi connectivity index (χ3v) is 3.03. The minimum absolute atomic E-state index is 0.0402. The van der Waals surface area contributed by atoms with Gasteiger partial charge in [0.1, 0.15) is 0 Å². The maximum absolute atomic E-state index is 11.6. The number of nitro benzene ring substituents is 1. The molecule has 0 saturated heterocycles. The smallest absolute Gasteiger partial charge is 0.307 e. The molecule has 1 fully saturated rings. The van der Waals surface area contributed by atoms with Crippen LogP contribution in [0.2, 0.25) is 0 Å². The van der Waals surface area contributed by atoms with Gasteiger partial charge in [0.05, 0.1) is 16.8 Å². The third kappa shape index (κ3) is 3.06. The number of carboxylic acid groups (broad SMARTS) is 1. The molecule has 1 aromatic carbocycles. The van der Waals surface area contributed by atoms with Gasteiger partial charge in [-0.25, -0.2) is 0 Å². The molecule has 0 aliphatic heterocycles. The Balaban J connectivity index is 1.89. The van der Waals surface area contributed by atoms with Crippen LogP contribution in [0, 0.1) is 22.0 Å². The van der Waals surface area contributed by atoms with Gasteiger partial charge in [0.25, 0.3) is 5.69 Å². The lowest BCUT2D eigenvalue weighted by atomic mass is 10.2. The van der Waals surface area contributed by atoms with E-state index in [0.717, 1.165) is 0 Å². The zero-order valence-electron chi connectivity index (χ0n) is 9.91. The van der Waals surface area contributed by atoms with Crippen molar-refractivity contribution in [3.8, 4) is 0 Å². The van der Waals surface area contributed by atoms with E-state index in [1.807, 2.05) is 0 Å². The summed E-state index contributed by atoms with van der Waals surface area (Å²) in [6.07, 6.45) is 0.357. The first-order chi connectivity index (χ1) is 8.99. The van der Waals surface area contributed by atoms with Gasteiger partial charge < -0.3 is 10.4 Å². The molecule has 0 unspecified atom stereocenters. The Bertz CT molecular complexity index is 543. The van der Waals surface area contributed by atoms with Crippen LogP contribution in [0.1, 0.15) is 12.0 Å². The van der Waals surface area contributed by atoms with Crippen molar-refractivity contribution in [3.05, 3.63) is 39.9 Å². The Morgan fingerprint density at radius 1 is 1.42 bits per heavy atom. The van der Waals surface area contributed by atoms with Crippen LogP contribution < -0.4 is 5.32 Å². The first-order valence-electron chi connectivity index (χ1n) is 5.73. The Labute approximate surface area is 108 Å². The van der Waals surface area contributed by atoms with Crippen molar-refractivity contribution in [2.45, 2.75) is 13.0 Å². The number of hydrogen-bond acceptors (Lipinski definition) is 4. The SMILES string of the molecule is O=C(O)[C@H]1C[C@H]1C(=O)NCc1cccc([N+](=O)[O-])c1. The predicted molar refractivity (Wildman–Crippen MR) is 64.2 cm³/mol. The van der Waals surface area contributed by atoms with E-state index in [0.29, 0.717) is 12.0 Å². The van der Waals surface area contributed by atoms with Crippen LogP contribution in [0.5, 0.6) is 0 Å². The van der Waals surface area contributed by atoms with E-state index in [1.54, 1.807) is 6.07 Å². The van der Waals surface area contributed by atoms with Crippen LogP contribution in [0.15, 0.2) is 24.3 Å². The molecule has 7 heteroatoms. The molecule has 100 valence electrons. The molecule has 0 aromatic heterocycles. The van der Waals surface area contributed by atoms with Gasteiger partial charge >= 0.3 is 5.97 Å². The summed E-state index contributed by atoms with van der Waals surface area (Å²) in [5.41, 5.74) is 0.566.